The lowest BCUT2D eigenvalue weighted by molar-refractivity contribution is -0.335. The van der Waals surface area contributed by atoms with Crippen LogP contribution in [0.25, 0.3) is 0 Å². The zero-order valence-electron chi connectivity index (χ0n) is 42.0. The average molecular weight is 834 g/mol. The summed E-state index contributed by atoms with van der Waals surface area (Å²) in [6.45, 7) is 9.18. The van der Waals surface area contributed by atoms with Crippen molar-refractivity contribution in [1.82, 2.24) is 0 Å². The second kappa shape index (κ2) is 50.6. The fourth-order valence-electron chi connectivity index (χ4n) is 9.98. The van der Waals surface area contributed by atoms with Crippen LogP contribution in [0.3, 0.4) is 0 Å². The third-order valence-corrected chi connectivity index (χ3v) is 14.4. The highest BCUT2D eigenvalue weighted by molar-refractivity contribution is 4.83. The van der Waals surface area contributed by atoms with Gasteiger partial charge < -0.3 is 0 Å². The Bertz CT molecular complexity index is 700. The molecule has 0 heterocycles. The highest BCUT2D eigenvalue weighted by atomic mass is 17.1. The molecule has 59 heavy (non-hydrogen) atoms. The van der Waals surface area contributed by atoms with Crippen molar-refractivity contribution in [3.05, 3.63) is 0 Å². The monoisotopic (exact) mass is 833 g/mol. The summed E-state index contributed by atoms with van der Waals surface area (Å²) >= 11 is 0. The van der Waals surface area contributed by atoms with Gasteiger partial charge in [-0.25, -0.2) is 4.89 Å². The Morgan fingerprint density at radius 3 is 0.627 bits per heavy atom. The lowest BCUT2D eigenvalue weighted by Crippen LogP contribution is -2.37. The van der Waals surface area contributed by atoms with E-state index in [9.17, 15) is 5.26 Å². The van der Waals surface area contributed by atoms with Crippen LogP contribution in [0, 0.1) is 5.92 Å². The van der Waals surface area contributed by atoms with Crippen LogP contribution in [0.15, 0.2) is 0 Å². The van der Waals surface area contributed by atoms with Crippen molar-refractivity contribution in [3.63, 3.8) is 0 Å². The van der Waals surface area contributed by atoms with E-state index in [1.807, 2.05) is 0 Å². The third kappa shape index (κ3) is 44.3. The Labute approximate surface area is 375 Å². The molecule has 0 aromatic heterocycles. The minimum Gasteiger partial charge on any atom is -0.251 e. The van der Waals surface area contributed by atoms with E-state index < -0.39 is 0 Å². The summed E-state index contributed by atoms with van der Waals surface area (Å²) in [7, 11) is 0. The maximum atomic E-state index is 10.4. The highest BCUT2D eigenvalue weighted by Crippen LogP contribution is 2.36. The minimum atomic E-state index is -0.374. The van der Waals surface area contributed by atoms with Gasteiger partial charge in [0, 0.05) is 0 Å². The van der Waals surface area contributed by atoms with Gasteiger partial charge in [-0.2, -0.15) is 0 Å². The standard InChI is InChI=1S/C57H116O2/c1-5-8-11-14-17-20-23-26-29-32-35-38-41-44-47-50-53-56(54-51-48-45-42-39-36-33-30-27-24-21-18-15-12-9-6-2)57(4,59-58)55-52-49-46-43-40-37-34-31-28-25-22-19-16-13-10-7-3/h56,58H,5-55H2,1-4H3. The smallest absolute Gasteiger partial charge is 0.103 e. The maximum absolute atomic E-state index is 10.4. The molecule has 0 fully saturated rings. The van der Waals surface area contributed by atoms with Gasteiger partial charge in [0.15, 0.2) is 0 Å². The summed E-state index contributed by atoms with van der Waals surface area (Å²) in [5.74, 6) is 0.488. The summed E-state index contributed by atoms with van der Waals surface area (Å²) in [6, 6.07) is 0. The van der Waals surface area contributed by atoms with Crippen LogP contribution >= 0.6 is 0 Å². The van der Waals surface area contributed by atoms with Gasteiger partial charge in [-0.3, -0.25) is 5.26 Å². The van der Waals surface area contributed by atoms with E-state index in [4.69, 9.17) is 4.89 Å². The molecule has 0 aliphatic heterocycles. The summed E-state index contributed by atoms with van der Waals surface area (Å²) < 4.78 is 0. The molecule has 0 amide bonds. The lowest BCUT2D eigenvalue weighted by Gasteiger charge is -2.35. The first kappa shape index (κ1) is 58.9. The Balaban J connectivity index is 4.31. The Morgan fingerprint density at radius 2 is 0.441 bits per heavy atom. The fourth-order valence-corrected chi connectivity index (χ4v) is 9.98. The summed E-state index contributed by atoms with van der Waals surface area (Å²) in [5.41, 5.74) is -0.374. The molecule has 1 atom stereocenters. The first-order valence-electron chi connectivity index (χ1n) is 28.5. The molecule has 1 unspecified atom stereocenters. The average Bonchev–Trinajstić information content (AvgIpc) is 3.25. The van der Waals surface area contributed by atoms with Crippen molar-refractivity contribution >= 4 is 0 Å². The van der Waals surface area contributed by atoms with Crippen molar-refractivity contribution in [3.8, 4) is 0 Å². The third-order valence-electron chi connectivity index (χ3n) is 14.4. The second-order valence-corrected chi connectivity index (χ2v) is 20.3. The van der Waals surface area contributed by atoms with Gasteiger partial charge in [0.25, 0.3) is 0 Å². The van der Waals surface area contributed by atoms with Crippen LogP contribution < -0.4 is 0 Å². The van der Waals surface area contributed by atoms with Gasteiger partial charge in [-0.15, -0.1) is 0 Å². The van der Waals surface area contributed by atoms with E-state index in [0.717, 1.165) is 6.42 Å². The quantitative estimate of drug-likeness (QED) is 0.0376. The SMILES string of the molecule is CCCCCCCCCCCCCCCCCCC(CCCCCCCCCCCCCCCCCC)C(C)(CCCCCCCCCCCCCCCCCC)OO. The molecule has 0 saturated carbocycles. The number of rotatable bonds is 53. The molecule has 0 aromatic carbocycles. The Hall–Kier alpha value is -0.0800. The molecule has 0 aliphatic rings. The van der Waals surface area contributed by atoms with E-state index in [1.165, 1.54) is 321 Å². The molecule has 356 valence electrons. The molecule has 0 radical (unpaired) electrons. The van der Waals surface area contributed by atoms with Crippen molar-refractivity contribution in [2.24, 2.45) is 5.92 Å². The van der Waals surface area contributed by atoms with Crippen LogP contribution in [-0.4, -0.2) is 10.9 Å². The van der Waals surface area contributed by atoms with Crippen LogP contribution in [-0.2, 0) is 4.89 Å². The molecule has 1 N–H and O–H groups in total. The number of unbranched alkanes of at least 4 members (excludes halogenated alkanes) is 45. The minimum absolute atomic E-state index is 0.374. The Kier molecular flexibility index (Phi) is 50.5. The topological polar surface area (TPSA) is 29.5 Å². The van der Waals surface area contributed by atoms with Crippen molar-refractivity contribution in [2.75, 3.05) is 0 Å². The van der Waals surface area contributed by atoms with Crippen molar-refractivity contribution in [2.45, 2.75) is 361 Å². The van der Waals surface area contributed by atoms with Gasteiger partial charge in [0.05, 0.1) is 0 Å². The molecule has 0 rings (SSSR count). The molecular formula is C57H116O2. The summed E-state index contributed by atoms with van der Waals surface area (Å²) in [6.07, 6.45) is 71.5. The molecule has 0 saturated heterocycles. The molecule has 0 aromatic rings. The molecule has 0 spiro atoms. The summed E-state index contributed by atoms with van der Waals surface area (Å²) in [5, 5.41) is 10.4. The van der Waals surface area contributed by atoms with Crippen molar-refractivity contribution in [1.29, 1.82) is 0 Å². The predicted molar refractivity (Wildman–Crippen MR) is 268 cm³/mol. The van der Waals surface area contributed by atoms with Crippen LogP contribution in [0.5, 0.6) is 0 Å². The van der Waals surface area contributed by atoms with E-state index in [-0.39, 0.29) is 5.60 Å². The van der Waals surface area contributed by atoms with Gasteiger partial charge in [-0.05, 0) is 32.1 Å². The first-order chi connectivity index (χ1) is 29.1. The van der Waals surface area contributed by atoms with Crippen LogP contribution in [0.1, 0.15) is 355 Å². The Morgan fingerprint density at radius 1 is 0.271 bits per heavy atom. The highest BCUT2D eigenvalue weighted by Gasteiger charge is 2.34. The van der Waals surface area contributed by atoms with Gasteiger partial charge >= 0.3 is 0 Å². The van der Waals surface area contributed by atoms with E-state index in [0.29, 0.717) is 5.92 Å². The molecule has 2 heteroatoms. The number of hydrogen-bond acceptors (Lipinski definition) is 2. The van der Waals surface area contributed by atoms with E-state index in [1.54, 1.807) is 0 Å². The molecule has 0 aliphatic carbocycles. The summed E-state index contributed by atoms with van der Waals surface area (Å²) in [4.78, 5) is 5.48. The maximum Gasteiger partial charge on any atom is 0.103 e. The predicted octanol–water partition coefficient (Wildman–Crippen LogP) is 21.8. The lowest BCUT2D eigenvalue weighted by atomic mass is 9.78. The molecule has 0 bridgehead atoms. The van der Waals surface area contributed by atoms with Gasteiger partial charge in [0.1, 0.15) is 5.60 Å². The van der Waals surface area contributed by atoms with Gasteiger partial charge in [-0.1, -0.05) is 329 Å². The van der Waals surface area contributed by atoms with E-state index >= 15 is 0 Å². The van der Waals surface area contributed by atoms with Crippen LogP contribution in [0.2, 0.25) is 0 Å². The van der Waals surface area contributed by atoms with Crippen LogP contribution in [0.4, 0.5) is 0 Å². The number of hydrogen-bond donors (Lipinski definition) is 1. The molecular weight excluding hydrogens is 717 g/mol. The zero-order valence-corrected chi connectivity index (χ0v) is 42.0. The zero-order chi connectivity index (χ0) is 42.8. The normalized spacial score (nSPS) is 12.9. The largest absolute Gasteiger partial charge is 0.251 e. The molecule has 2 nitrogen and oxygen atoms in total. The van der Waals surface area contributed by atoms with E-state index in [2.05, 4.69) is 27.7 Å². The first-order valence-corrected chi connectivity index (χ1v) is 28.5. The second-order valence-electron chi connectivity index (χ2n) is 20.3. The fraction of sp³-hybridized carbons (Fsp3) is 1.00. The van der Waals surface area contributed by atoms with Crippen molar-refractivity contribution < 1.29 is 10.1 Å². The van der Waals surface area contributed by atoms with Gasteiger partial charge in [0.2, 0.25) is 0 Å².